The molecule has 0 radical (unpaired) electrons. The van der Waals surface area contributed by atoms with Gasteiger partial charge in [0.1, 0.15) is 10.9 Å². The molecule has 1 heterocycles. The van der Waals surface area contributed by atoms with E-state index in [4.69, 9.17) is 16.3 Å². The van der Waals surface area contributed by atoms with Gasteiger partial charge in [-0.3, -0.25) is 0 Å². The van der Waals surface area contributed by atoms with Gasteiger partial charge < -0.3 is 9.72 Å². The Balaban J connectivity index is 2.20. The van der Waals surface area contributed by atoms with Crippen molar-refractivity contribution in [2.75, 3.05) is 0 Å². The van der Waals surface area contributed by atoms with Crippen LogP contribution in [0, 0.1) is 0 Å². The molecule has 0 atom stereocenters. The summed E-state index contributed by atoms with van der Waals surface area (Å²) in [4.78, 5) is 2.83. The third-order valence-electron chi connectivity index (χ3n) is 1.63. The van der Waals surface area contributed by atoms with Crippen molar-refractivity contribution in [3.05, 3.63) is 47.7 Å². The number of rotatable bonds is 2. The van der Waals surface area contributed by atoms with E-state index < -0.39 is 0 Å². The van der Waals surface area contributed by atoms with Gasteiger partial charge in [-0.15, -0.1) is 0 Å². The standard InChI is InChI=1S/C10H8ClNO/c11-10-9(6-7-12-10)13-8-4-2-1-3-5-8/h1-7,12H. The lowest BCUT2D eigenvalue weighted by Gasteiger charge is -2.02. The van der Waals surface area contributed by atoms with Gasteiger partial charge in [-0.05, 0) is 18.2 Å². The fourth-order valence-corrected chi connectivity index (χ4v) is 1.19. The zero-order chi connectivity index (χ0) is 9.10. The predicted molar refractivity (Wildman–Crippen MR) is 52.3 cm³/mol. The zero-order valence-electron chi connectivity index (χ0n) is 6.83. The Labute approximate surface area is 81.1 Å². The van der Waals surface area contributed by atoms with E-state index in [1.54, 1.807) is 12.3 Å². The van der Waals surface area contributed by atoms with E-state index in [0.717, 1.165) is 5.75 Å². The minimum atomic E-state index is 0.517. The number of nitrogens with one attached hydrogen (secondary N) is 1. The Hall–Kier alpha value is -1.41. The van der Waals surface area contributed by atoms with Gasteiger partial charge in [-0.1, -0.05) is 29.8 Å². The third-order valence-corrected chi connectivity index (χ3v) is 1.93. The lowest BCUT2D eigenvalue weighted by atomic mass is 10.3. The van der Waals surface area contributed by atoms with Gasteiger partial charge in [-0.25, -0.2) is 0 Å². The number of hydrogen-bond acceptors (Lipinski definition) is 1. The van der Waals surface area contributed by atoms with Gasteiger partial charge in [0, 0.05) is 6.20 Å². The van der Waals surface area contributed by atoms with Crippen LogP contribution >= 0.6 is 11.6 Å². The van der Waals surface area contributed by atoms with Crippen LogP contribution in [0.15, 0.2) is 42.6 Å². The quantitative estimate of drug-likeness (QED) is 0.777. The molecule has 2 rings (SSSR count). The van der Waals surface area contributed by atoms with Gasteiger partial charge in [0.05, 0.1) is 0 Å². The molecule has 1 aromatic carbocycles. The molecular weight excluding hydrogens is 186 g/mol. The van der Waals surface area contributed by atoms with Crippen molar-refractivity contribution >= 4 is 11.6 Å². The van der Waals surface area contributed by atoms with Crippen LogP contribution in [-0.4, -0.2) is 4.98 Å². The maximum absolute atomic E-state index is 5.81. The van der Waals surface area contributed by atoms with Crippen molar-refractivity contribution in [3.8, 4) is 11.5 Å². The summed E-state index contributed by atoms with van der Waals surface area (Å²) in [7, 11) is 0. The lowest BCUT2D eigenvalue weighted by Crippen LogP contribution is -1.81. The van der Waals surface area contributed by atoms with E-state index >= 15 is 0 Å². The SMILES string of the molecule is Clc1[nH]ccc1Oc1ccccc1. The number of para-hydroxylation sites is 1. The van der Waals surface area contributed by atoms with Gasteiger partial charge in [0.15, 0.2) is 5.75 Å². The number of hydrogen-bond donors (Lipinski definition) is 1. The largest absolute Gasteiger partial charge is 0.454 e. The molecule has 0 aliphatic rings. The maximum Gasteiger partial charge on any atom is 0.164 e. The summed E-state index contributed by atoms with van der Waals surface area (Å²) >= 11 is 5.81. The third kappa shape index (κ3) is 1.84. The molecule has 66 valence electrons. The highest BCUT2D eigenvalue weighted by atomic mass is 35.5. The van der Waals surface area contributed by atoms with Crippen LogP contribution in [0.1, 0.15) is 0 Å². The average Bonchev–Trinajstić information content (AvgIpc) is 2.54. The zero-order valence-corrected chi connectivity index (χ0v) is 7.58. The number of H-pyrrole nitrogens is 1. The Bertz CT molecular complexity index is 383. The number of halogens is 1. The molecule has 0 bridgehead atoms. The number of ether oxygens (including phenoxy) is 1. The van der Waals surface area contributed by atoms with Gasteiger partial charge in [0.2, 0.25) is 0 Å². The molecule has 0 unspecified atom stereocenters. The highest BCUT2D eigenvalue weighted by Gasteiger charge is 2.01. The Morgan fingerprint density at radius 2 is 1.85 bits per heavy atom. The van der Waals surface area contributed by atoms with E-state index in [0.29, 0.717) is 10.9 Å². The van der Waals surface area contributed by atoms with Crippen LogP contribution in [0.25, 0.3) is 0 Å². The van der Waals surface area contributed by atoms with Crippen LogP contribution in [0.2, 0.25) is 5.15 Å². The van der Waals surface area contributed by atoms with Gasteiger partial charge >= 0.3 is 0 Å². The van der Waals surface area contributed by atoms with E-state index in [1.807, 2.05) is 30.3 Å². The number of benzene rings is 1. The molecule has 2 nitrogen and oxygen atoms in total. The van der Waals surface area contributed by atoms with Crippen LogP contribution in [0.5, 0.6) is 11.5 Å². The molecule has 0 aliphatic carbocycles. The summed E-state index contributed by atoms with van der Waals surface area (Å²) < 4.78 is 5.49. The van der Waals surface area contributed by atoms with Crippen LogP contribution < -0.4 is 4.74 Å². The summed E-state index contributed by atoms with van der Waals surface area (Å²) in [5.41, 5.74) is 0. The predicted octanol–water partition coefficient (Wildman–Crippen LogP) is 3.46. The monoisotopic (exact) mass is 193 g/mol. The van der Waals surface area contributed by atoms with E-state index in [2.05, 4.69) is 4.98 Å². The van der Waals surface area contributed by atoms with Crippen molar-refractivity contribution in [2.45, 2.75) is 0 Å². The first-order valence-electron chi connectivity index (χ1n) is 3.92. The molecule has 0 amide bonds. The topological polar surface area (TPSA) is 25.0 Å². The molecule has 1 N–H and O–H groups in total. The second-order valence-electron chi connectivity index (χ2n) is 2.57. The van der Waals surface area contributed by atoms with Crippen molar-refractivity contribution in [3.63, 3.8) is 0 Å². The molecule has 0 saturated heterocycles. The first-order chi connectivity index (χ1) is 6.36. The molecule has 0 fully saturated rings. The highest BCUT2D eigenvalue weighted by molar-refractivity contribution is 6.30. The molecule has 0 spiro atoms. The molecule has 1 aromatic heterocycles. The van der Waals surface area contributed by atoms with Crippen molar-refractivity contribution in [1.82, 2.24) is 4.98 Å². The molecule has 0 aliphatic heterocycles. The normalized spacial score (nSPS) is 9.92. The fourth-order valence-electron chi connectivity index (χ4n) is 1.03. The Kier molecular flexibility index (Phi) is 2.23. The summed E-state index contributed by atoms with van der Waals surface area (Å²) in [6.45, 7) is 0. The van der Waals surface area contributed by atoms with Crippen LogP contribution in [-0.2, 0) is 0 Å². The van der Waals surface area contributed by atoms with Gasteiger partial charge in [-0.2, -0.15) is 0 Å². The van der Waals surface area contributed by atoms with E-state index in [-0.39, 0.29) is 0 Å². The minimum absolute atomic E-state index is 0.517. The second-order valence-corrected chi connectivity index (χ2v) is 2.95. The minimum Gasteiger partial charge on any atom is -0.454 e. The molecule has 3 heteroatoms. The first-order valence-corrected chi connectivity index (χ1v) is 4.30. The fraction of sp³-hybridized carbons (Fsp3) is 0. The van der Waals surface area contributed by atoms with Gasteiger partial charge in [0.25, 0.3) is 0 Å². The smallest absolute Gasteiger partial charge is 0.164 e. The highest BCUT2D eigenvalue weighted by Crippen LogP contribution is 2.27. The van der Waals surface area contributed by atoms with Crippen LogP contribution in [0.3, 0.4) is 0 Å². The van der Waals surface area contributed by atoms with Crippen molar-refractivity contribution < 1.29 is 4.74 Å². The summed E-state index contributed by atoms with van der Waals surface area (Å²) in [6.07, 6.45) is 1.74. The Morgan fingerprint density at radius 1 is 1.08 bits per heavy atom. The van der Waals surface area contributed by atoms with Crippen molar-refractivity contribution in [1.29, 1.82) is 0 Å². The first kappa shape index (κ1) is 8.20. The van der Waals surface area contributed by atoms with Crippen LogP contribution in [0.4, 0.5) is 0 Å². The maximum atomic E-state index is 5.81. The van der Waals surface area contributed by atoms with E-state index in [1.165, 1.54) is 0 Å². The number of aromatic amines is 1. The van der Waals surface area contributed by atoms with Crippen molar-refractivity contribution in [2.24, 2.45) is 0 Å². The summed E-state index contributed by atoms with van der Waals surface area (Å²) in [6, 6.07) is 11.3. The molecule has 0 saturated carbocycles. The summed E-state index contributed by atoms with van der Waals surface area (Å²) in [5, 5.41) is 0.517. The number of aromatic nitrogens is 1. The lowest BCUT2D eigenvalue weighted by molar-refractivity contribution is 0.484. The van der Waals surface area contributed by atoms with E-state index in [9.17, 15) is 0 Å². The summed E-state index contributed by atoms with van der Waals surface area (Å²) in [5.74, 6) is 1.43. The molecular formula is C10H8ClNO. The molecule has 2 aromatic rings. The average molecular weight is 194 g/mol. The second kappa shape index (κ2) is 3.54. The molecule has 13 heavy (non-hydrogen) atoms. The Morgan fingerprint density at radius 3 is 2.46 bits per heavy atom.